The summed E-state index contributed by atoms with van der Waals surface area (Å²) in [6.07, 6.45) is 0.922. The summed E-state index contributed by atoms with van der Waals surface area (Å²) < 4.78 is 38.8. The van der Waals surface area contributed by atoms with Gasteiger partial charge in [-0.2, -0.15) is 13.2 Å². The normalized spacial score (nSPS) is 10.8. The summed E-state index contributed by atoms with van der Waals surface area (Å²) >= 11 is 0. The molecular formula is C24H23F3N6O3. The van der Waals surface area contributed by atoms with E-state index in [9.17, 15) is 18.0 Å². The van der Waals surface area contributed by atoms with Gasteiger partial charge in [0.15, 0.2) is 0 Å². The van der Waals surface area contributed by atoms with Crippen molar-refractivity contribution < 1.29 is 27.9 Å². The molecule has 4 aromatic rings. The van der Waals surface area contributed by atoms with Crippen molar-refractivity contribution >= 4 is 29.7 Å². The molecule has 2 amide bonds. The summed E-state index contributed by atoms with van der Waals surface area (Å²) in [7, 11) is 1.83. The maximum absolute atomic E-state index is 12.3. The molecular weight excluding hydrogens is 477 g/mol. The molecule has 0 aliphatic carbocycles. The molecule has 1 aromatic carbocycles. The Morgan fingerprint density at radius 2 is 1.83 bits per heavy atom. The van der Waals surface area contributed by atoms with Crippen molar-refractivity contribution in [3.63, 3.8) is 0 Å². The van der Waals surface area contributed by atoms with Gasteiger partial charge in [0.1, 0.15) is 18.0 Å². The molecule has 0 saturated carbocycles. The number of hydrogen-bond donors (Lipinski definition) is 4. The minimum Gasteiger partial charge on any atom is -0.483 e. The van der Waals surface area contributed by atoms with Crippen LogP contribution in [-0.2, 0) is 4.79 Å². The highest BCUT2D eigenvalue weighted by molar-refractivity contribution is 5.90. The van der Waals surface area contributed by atoms with Crippen molar-refractivity contribution in [2.75, 3.05) is 24.2 Å². The number of hydrogen-bond acceptors (Lipinski definition) is 5. The third kappa shape index (κ3) is 6.50. The molecule has 0 spiro atoms. The number of carboxylic acid groups (broad SMARTS) is 1. The lowest BCUT2D eigenvalue weighted by molar-refractivity contribution is -0.123. The largest absolute Gasteiger partial charge is 0.483 e. The minimum atomic E-state index is -4.47. The van der Waals surface area contributed by atoms with Crippen LogP contribution in [0, 0.1) is 6.92 Å². The standard InChI is InChI=1S/C23H21F3N6O.CH2O2/c1-14-8-17(11-29-21(14)27-2)15-6-7-32-19(12-28-20(32)10-15)16-4-3-5-18(9-16)31-22(33)30-13-23(24,25)26;2-1-3/h3-12H,13H2,1-2H3,(H,27,29)(H2,30,31,33);1H,(H,2,3). The molecule has 9 nitrogen and oxygen atoms in total. The van der Waals surface area contributed by atoms with Crippen molar-refractivity contribution in [2.24, 2.45) is 0 Å². The van der Waals surface area contributed by atoms with Crippen LogP contribution >= 0.6 is 0 Å². The number of pyridine rings is 2. The minimum absolute atomic E-state index is 0.250. The summed E-state index contributed by atoms with van der Waals surface area (Å²) in [5.74, 6) is 0.823. The van der Waals surface area contributed by atoms with Crippen LogP contribution in [0.1, 0.15) is 5.56 Å². The molecule has 188 valence electrons. The Morgan fingerprint density at radius 1 is 1.08 bits per heavy atom. The van der Waals surface area contributed by atoms with Gasteiger partial charge in [-0.15, -0.1) is 0 Å². The van der Waals surface area contributed by atoms with Gasteiger partial charge in [-0.05, 0) is 48.4 Å². The first-order valence-corrected chi connectivity index (χ1v) is 10.6. The highest BCUT2D eigenvalue weighted by Gasteiger charge is 2.27. The Kier molecular flexibility index (Phi) is 8.10. The number of alkyl halides is 3. The second-order valence-corrected chi connectivity index (χ2v) is 7.54. The van der Waals surface area contributed by atoms with Gasteiger partial charge in [-0.25, -0.2) is 14.8 Å². The zero-order chi connectivity index (χ0) is 26.3. The van der Waals surface area contributed by atoms with Crippen LogP contribution in [0.15, 0.2) is 61.1 Å². The monoisotopic (exact) mass is 500 g/mol. The van der Waals surface area contributed by atoms with Crippen molar-refractivity contribution in [3.8, 4) is 22.4 Å². The van der Waals surface area contributed by atoms with E-state index >= 15 is 0 Å². The SMILES string of the molecule is CNc1ncc(-c2ccn3c(-c4cccc(NC(=O)NCC(F)(F)F)c4)cnc3c2)cc1C.O=CO. The first-order valence-electron chi connectivity index (χ1n) is 10.6. The van der Waals surface area contributed by atoms with Crippen molar-refractivity contribution in [1.29, 1.82) is 0 Å². The van der Waals surface area contributed by atoms with Gasteiger partial charge in [0.05, 0.1) is 11.9 Å². The number of carbonyl (C=O) groups excluding carboxylic acids is 1. The van der Waals surface area contributed by atoms with E-state index in [1.165, 1.54) is 0 Å². The van der Waals surface area contributed by atoms with Crippen LogP contribution < -0.4 is 16.0 Å². The number of benzene rings is 1. The fraction of sp³-hybridized carbons (Fsp3) is 0.167. The number of rotatable bonds is 5. The summed E-state index contributed by atoms with van der Waals surface area (Å²) in [6, 6.07) is 11.8. The van der Waals surface area contributed by atoms with E-state index in [1.54, 1.807) is 35.9 Å². The van der Waals surface area contributed by atoms with Crippen LogP contribution in [-0.4, -0.2) is 51.7 Å². The van der Waals surface area contributed by atoms with Crippen LogP contribution in [0.2, 0.25) is 0 Å². The fourth-order valence-electron chi connectivity index (χ4n) is 3.48. The molecule has 0 bridgehead atoms. The van der Waals surface area contributed by atoms with E-state index in [-0.39, 0.29) is 6.47 Å². The van der Waals surface area contributed by atoms with Gasteiger partial charge in [-0.3, -0.25) is 9.20 Å². The molecule has 4 rings (SSSR count). The second kappa shape index (κ2) is 11.2. The molecule has 0 aliphatic heterocycles. The van der Waals surface area contributed by atoms with Crippen molar-refractivity contribution in [1.82, 2.24) is 19.7 Å². The number of anilines is 2. The molecule has 0 fully saturated rings. The number of aromatic nitrogens is 3. The van der Waals surface area contributed by atoms with Gasteiger partial charge >= 0.3 is 12.2 Å². The molecule has 0 radical (unpaired) electrons. The molecule has 3 aromatic heterocycles. The summed E-state index contributed by atoms with van der Waals surface area (Å²) in [4.78, 5) is 29.0. The zero-order valence-corrected chi connectivity index (χ0v) is 19.3. The van der Waals surface area contributed by atoms with Crippen molar-refractivity contribution in [2.45, 2.75) is 13.1 Å². The van der Waals surface area contributed by atoms with Crippen LogP contribution in [0.3, 0.4) is 0 Å². The van der Waals surface area contributed by atoms with Gasteiger partial charge in [-0.1, -0.05) is 12.1 Å². The number of urea groups is 1. The number of nitrogens with one attached hydrogen (secondary N) is 3. The quantitative estimate of drug-likeness (QED) is 0.292. The predicted octanol–water partition coefficient (Wildman–Crippen LogP) is 4.80. The number of nitrogens with zero attached hydrogens (tertiary/aromatic N) is 3. The summed E-state index contributed by atoms with van der Waals surface area (Å²) in [5, 5.41) is 14.1. The van der Waals surface area contributed by atoms with Crippen LogP contribution in [0.4, 0.5) is 29.5 Å². The predicted molar refractivity (Wildman–Crippen MR) is 130 cm³/mol. The maximum atomic E-state index is 12.3. The third-order valence-electron chi connectivity index (χ3n) is 5.03. The van der Waals surface area contributed by atoms with Gasteiger partial charge in [0, 0.05) is 36.3 Å². The Balaban J connectivity index is 0.00000115. The average Bonchev–Trinajstić information content (AvgIpc) is 3.26. The highest BCUT2D eigenvalue weighted by Crippen LogP contribution is 2.28. The molecule has 0 aliphatic rings. The van der Waals surface area contributed by atoms with Crippen molar-refractivity contribution in [3.05, 3.63) is 66.6 Å². The number of imidazole rings is 1. The third-order valence-corrected chi connectivity index (χ3v) is 5.03. The van der Waals surface area contributed by atoms with E-state index in [0.29, 0.717) is 5.69 Å². The molecule has 12 heteroatoms. The van der Waals surface area contributed by atoms with E-state index < -0.39 is 18.8 Å². The Labute approximate surface area is 204 Å². The number of carbonyl (C=O) groups is 2. The van der Waals surface area contributed by atoms with E-state index in [0.717, 1.165) is 39.4 Å². The molecule has 36 heavy (non-hydrogen) atoms. The van der Waals surface area contributed by atoms with E-state index in [4.69, 9.17) is 9.90 Å². The lowest BCUT2D eigenvalue weighted by atomic mass is 10.1. The van der Waals surface area contributed by atoms with Gasteiger partial charge < -0.3 is 21.1 Å². The first kappa shape index (κ1) is 26.0. The average molecular weight is 500 g/mol. The number of aryl methyl sites for hydroxylation is 1. The number of fused-ring (bicyclic) bond motifs is 1. The Hall–Kier alpha value is -4.61. The van der Waals surface area contributed by atoms with Crippen LogP contribution in [0.25, 0.3) is 28.0 Å². The smallest absolute Gasteiger partial charge is 0.405 e. The van der Waals surface area contributed by atoms with E-state index in [2.05, 4.69) is 20.6 Å². The molecule has 0 saturated heterocycles. The van der Waals surface area contributed by atoms with E-state index in [1.807, 2.05) is 48.8 Å². The molecule has 4 N–H and O–H groups in total. The highest BCUT2D eigenvalue weighted by atomic mass is 19.4. The van der Waals surface area contributed by atoms with Gasteiger partial charge in [0.2, 0.25) is 0 Å². The number of amides is 2. The lowest BCUT2D eigenvalue weighted by Gasteiger charge is -2.11. The zero-order valence-electron chi connectivity index (χ0n) is 19.3. The summed E-state index contributed by atoms with van der Waals surface area (Å²) in [6.45, 7) is 0.333. The van der Waals surface area contributed by atoms with Crippen LogP contribution in [0.5, 0.6) is 0 Å². The van der Waals surface area contributed by atoms with Gasteiger partial charge in [0.25, 0.3) is 6.47 Å². The maximum Gasteiger partial charge on any atom is 0.405 e. The first-order chi connectivity index (χ1) is 17.1. The number of halogens is 3. The summed E-state index contributed by atoms with van der Waals surface area (Å²) in [5.41, 5.74) is 5.58. The second-order valence-electron chi connectivity index (χ2n) is 7.54. The molecule has 0 unspecified atom stereocenters. The molecule has 3 heterocycles. The lowest BCUT2D eigenvalue weighted by Crippen LogP contribution is -2.36. The Morgan fingerprint density at radius 3 is 2.50 bits per heavy atom. The Bertz CT molecular complexity index is 1370. The molecule has 0 atom stereocenters. The topological polar surface area (TPSA) is 121 Å². The fourth-order valence-corrected chi connectivity index (χ4v) is 3.48.